The second-order valence-electron chi connectivity index (χ2n) is 3.11. The maximum absolute atomic E-state index is 5.89. The molecule has 0 aliphatic carbocycles. The van der Waals surface area contributed by atoms with Gasteiger partial charge in [-0.3, -0.25) is 0 Å². The van der Waals surface area contributed by atoms with Crippen LogP contribution in [-0.4, -0.2) is 0 Å². The topological polar surface area (TPSA) is 26.0 Å². The third kappa shape index (κ3) is 1.52. The summed E-state index contributed by atoms with van der Waals surface area (Å²) in [5, 5.41) is 1.13. The van der Waals surface area contributed by atoms with E-state index >= 15 is 0 Å². The molecule has 0 bridgehead atoms. The molecule has 1 aromatic heterocycles. The Balaban J connectivity index is 2.75. The van der Waals surface area contributed by atoms with Crippen molar-refractivity contribution in [1.29, 1.82) is 0 Å². The molecule has 1 aromatic carbocycles. The van der Waals surface area contributed by atoms with Gasteiger partial charge in [0.1, 0.15) is 0 Å². The number of rotatable bonds is 1. The largest absolute Gasteiger partial charge is 0.398 e. The second kappa shape index (κ2) is 3.20. The number of benzene rings is 1. The minimum absolute atomic E-state index is 0.567. The SMILES string of the molecule is Cc1cc(N)c2cc(CCl)sc2c1. The molecule has 0 atom stereocenters. The third-order valence-corrected chi connectivity index (χ3v) is 3.52. The lowest BCUT2D eigenvalue weighted by molar-refractivity contribution is 1.51. The highest BCUT2D eigenvalue weighted by molar-refractivity contribution is 7.19. The average Bonchev–Trinajstić information content (AvgIpc) is 2.47. The quantitative estimate of drug-likeness (QED) is 0.567. The van der Waals surface area contributed by atoms with Crippen molar-refractivity contribution >= 4 is 38.7 Å². The molecule has 0 radical (unpaired) electrons. The van der Waals surface area contributed by atoms with Crippen LogP contribution >= 0.6 is 22.9 Å². The number of thiophene rings is 1. The van der Waals surface area contributed by atoms with Crippen LogP contribution < -0.4 is 5.73 Å². The first-order valence-electron chi connectivity index (χ1n) is 4.05. The molecule has 1 heterocycles. The van der Waals surface area contributed by atoms with Crippen LogP contribution in [0.1, 0.15) is 10.4 Å². The zero-order valence-corrected chi connectivity index (χ0v) is 8.88. The van der Waals surface area contributed by atoms with Crippen molar-refractivity contribution < 1.29 is 0 Å². The normalized spacial score (nSPS) is 10.9. The Labute approximate surface area is 86.1 Å². The van der Waals surface area contributed by atoms with E-state index in [2.05, 4.69) is 19.1 Å². The Bertz CT molecular complexity index is 447. The lowest BCUT2D eigenvalue weighted by Gasteiger charge is -1.97. The van der Waals surface area contributed by atoms with Crippen LogP contribution in [-0.2, 0) is 5.88 Å². The van der Waals surface area contributed by atoms with Crippen LogP contribution in [0, 0.1) is 6.92 Å². The van der Waals surface area contributed by atoms with Crippen molar-refractivity contribution in [3.63, 3.8) is 0 Å². The standard InChI is InChI=1S/C10H10ClNS/c1-6-2-9(12)8-4-7(5-11)13-10(8)3-6/h2-4H,5,12H2,1H3. The highest BCUT2D eigenvalue weighted by atomic mass is 35.5. The molecule has 1 nitrogen and oxygen atoms in total. The Morgan fingerprint density at radius 2 is 2.15 bits per heavy atom. The maximum Gasteiger partial charge on any atom is 0.0568 e. The van der Waals surface area contributed by atoms with E-state index in [0.29, 0.717) is 5.88 Å². The zero-order chi connectivity index (χ0) is 9.42. The van der Waals surface area contributed by atoms with Crippen LogP contribution in [0.2, 0.25) is 0 Å². The van der Waals surface area contributed by atoms with E-state index in [-0.39, 0.29) is 0 Å². The van der Waals surface area contributed by atoms with Crippen molar-refractivity contribution in [2.75, 3.05) is 5.73 Å². The number of nitrogens with two attached hydrogens (primary N) is 1. The molecule has 2 aromatic rings. The minimum Gasteiger partial charge on any atom is -0.398 e. The minimum atomic E-state index is 0.567. The predicted octanol–water partition coefficient (Wildman–Crippen LogP) is 3.53. The summed E-state index contributed by atoms with van der Waals surface area (Å²) >= 11 is 7.47. The van der Waals surface area contributed by atoms with E-state index in [0.717, 1.165) is 11.1 Å². The summed E-state index contributed by atoms with van der Waals surface area (Å²) in [7, 11) is 0. The highest BCUT2D eigenvalue weighted by Crippen LogP contribution is 2.31. The Morgan fingerprint density at radius 3 is 2.85 bits per heavy atom. The molecule has 3 heteroatoms. The van der Waals surface area contributed by atoms with Crippen molar-refractivity contribution in [3.8, 4) is 0 Å². The summed E-state index contributed by atoms with van der Waals surface area (Å²) in [6, 6.07) is 6.21. The van der Waals surface area contributed by atoms with E-state index in [1.54, 1.807) is 11.3 Å². The number of alkyl halides is 1. The zero-order valence-electron chi connectivity index (χ0n) is 7.30. The van der Waals surface area contributed by atoms with Crippen LogP contribution in [0.15, 0.2) is 18.2 Å². The van der Waals surface area contributed by atoms with Crippen molar-refractivity contribution in [2.24, 2.45) is 0 Å². The fourth-order valence-electron chi connectivity index (χ4n) is 1.43. The van der Waals surface area contributed by atoms with Gasteiger partial charge in [0.05, 0.1) is 5.88 Å². The number of hydrogen-bond donors (Lipinski definition) is 1. The Kier molecular flexibility index (Phi) is 2.18. The predicted molar refractivity (Wildman–Crippen MR) is 60.5 cm³/mol. The van der Waals surface area contributed by atoms with E-state index in [4.69, 9.17) is 17.3 Å². The number of hydrogen-bond acceptors (Lipinski definition) is 2. The van der Waals surface area contributed by atoms with Gasteiger partial charge in [-0.15, -0.1) is 22.9 Å². The Morgan fingerprint density at radius 1 is 1.38 bits per heavy atom. The molecule has 0 saturated heterocycles. The summed E-state index contributed by atoms with van der Waals surface area (Å²) in [6.07, 6.45) is 0. The van der Waals surface area contributed by atoms with Crippen molar-refractivity contribution in [1.82, 2.24) is 0 Å². The van der Waals surface area contributed by atoms with Crippen molar-refractivity contribution in [2.45, 2.75) is 12.8 Å². The van der Waals surface area contributed by atoms with E-state index in [1.807, 2.05) is 6.07 Å². The van der Waals surface area contributed by atoms with Gasteiger partial charge < -0.3 is 5.73 Å². The molecule has 0 fully saturated rings. The molecule has 0 aliphatic rings. The first-order valence-corrected chi connectivity index (χ1v) is 5.40. The van der Waals surface area contributed by atoms with E-state index < -0.39 is 0 Å². The lowest BCUT2D eigenvalue weighted by Crippen LogP contribution is -1.85. The van der Waals surface area contributed by atoms with E-state index in [9.17, 15) is 0 Å². The lowest BCUT2D eigenvalue weighted by atomic mass is 10.1. The van der Waals surface area contributed by atoms with Crippen LogP contribution in [0.25, 0.3) is 10.1 Å². The van der Waals surface area contributed by atoms with Gasteiger partial charge in [-0.25, -0.2) is 0 Å². The first-order chi connectivity index (χ1) is 6.20. The number of halogens is 1. The fourth-order valence-corrected chi connectivity index (χ4v) is 2.71. The number of fused-ring (bicyclic) bond motifs is 1. The van der Waals surface area contributed by atoms with Crippen LogP contribution in [0.4, 0.5) is 5.69 Å². The van der Waals surface area contributed by atoms with Gasteiger partial charge in [0, 0.05) is 20.7 Å². The number of aryl methyl sites for hydroxylation is 1. The van der Waals surface area contributed by atoms with Crippen LogP contribution in [0.5, 0.6) is 0 Å². The summed E-state index contributed by atoms with van der Waals surface area (Å²) in [5.41, 5.74) is 7.94. The molecule has 0 saturated carbocycles. The summed E-state index contributed by atoms with van der Waals surface area (Å²) in [5.74, 6) is 0.567. The molecule has 13 heavy (non-hydrogen) atoms. The summed E-state index contributed by atoms with van der Waals surface area (Å²) in [4.78, 5) is 1.17. The van der Waals surface area contributed by atoms with Gasteiger partial charge in [0.25, 0.3) is 0 Å². The Hall–Kier alpha value is -0.730. The van der Waals surface area contributed by atoms with Gasteiger partial charge in [0.15, 0.2) is 0 Å². The van der Waals surface area contributed by atoms with Gasteiger partial charge in [-0.2, -0.15) is 0 Å². The average molecular weight is 212 g/mol. The summed E-state index contributed by atoms with van der Waals surface area (Å²) < 4.78 is 1.23. The fraction of sp³-hybridized carbons (Fsp3) is 0.200. The molecule has 2 rings (SSSR count). The molecular formula is C10H10ClNS. The monoisotopic (exact) mass is 211 g/mol. The maximum atomic E-state index is 5.89. The molecule has 68 valence electrons. The molecule has 0 spiro atoms. The number of anilines is 1. The van der Waals surface area contributed by atoms with Gasteiger partial charge in [0.2, 0.25) is 0 Å². The van der Waals surface area contributed by atoms with Gasteiger partial charge in [-0.05, 0) is 30.7 Å². The highest BCUT2D eigenvalue weighted by Gasteiger charge is 2.04. The molecule has 2 N–H and O–H groups in total. The van der Waals surface area contributed by atoms with E-state index in [1.165, 1.54) is 15.1 Å². The van der Waals surface area contributed by atoms with Gasteiger partial charge in [-0.1, -0.05) is 0 Å². The van der Waals surface area contributed by atoms with Gasteiger partial charge >= 0.3 is 0 Å². The third-order valence-electron chi connectivity index (χ3n) is 2.00. The first kappa shape index (κ1) is 8.85. The molecular weight excluding hydrogens is 202 g/mol. The number of nitrogen functional groups attached to an aromatic ring is 1. The summed E-state index contributed by atoms with van der Waals surface area (Å²) in [6.45, 7) is 2.05. The van der Waals surface area contributed by atoms with Crippen LogP contribution in [0.3, 0.4) is 0 Å². The second-order valence-corrected chi connectivity index (χ2v) is 4.55. The molecule has 0 amide bonds. The smallest absolute Gasteiger partial charge is 0.0568 e. The molecule has 0 aliphatic heterocycles. The molecule has 0 unspecified atom stereocenters. The van der Waals surface area contributed by atoms with Crippen molar-refractivity contribution in [3.05, 3.63) is 28.6 Å².